The molecule has 0 aromatic carbocycles. The average Bonchev–Trinajstić information content (AvgIpc) is 2.21. The molecule has 2 heterocycles. The SMILES string of the molecule is CN1CCN(c2cnc(Br)cn2)CC1. The molecule has 0 radical (unpaired) electrons. The van der Waals surface area contributed by atoms with E-state index >= 15 is 0 Å². The van der Waals surface area contributed by atoms with E-state index in [1.807, 2.05) is 6.20 Å². The normalized spacial score (nSPS) is 18.6. The minimum Gasteiger partial charge on any atom is -0.353 e. The van der Waals surface area contributed by atoms with Gasteiger partial charge in [-0.2, -0.15) is 0 Å². The predicted octanol–water partition coefficient (Wildman–Crippen LogP) is 0.991. The molecular weight excluding hydrogens is 244 g/mol. The van der Waals surface area contributed by atoms with Gasteiger partial charge in [0, 0.05) is 26.2 Å². The second-order valence-corrected chi connectivity index (χ2v) is 4.30. The minimum atomic E-state index is 0.787. The molecule has 1 aromatic heterocycles. The number of hydrogen-bond acceptors (Lipinski definition) is 4. The van der Waals surface area contributed by atoms with E-state index in [1.54, 1.807) is 6.20 Å². The van der Waals surface area contributed by atoms with Crippen LogP contribution in [0.5, 0.6) is 0 Å². The lowest BCUT2D eigenvalue weighted by Gasteiger charge is -2.32. The Morgan fingerprint density at radius 3 is 2.43 bits per heavy atom. The van der Waals surface area contributed by atoms with E-state index in [4.69, 9.17) is 0 Å². The van der Waals surface area contributed by atoms with Crippen molar-refractivity contribution in [2.75, 3.05) is 38.1 Å². The first-order valence-corrected chi connectivity index (χ1v) is 5.46. The van der Waals surface area contributed by atoms with E-state index in [0.717, 1.165) is 36.6 Å². The Balaban J connectivity index is 2.05. The van der Waals surface area contributed by atoms with Gasteiger partial charge in [-0.05, 0) is 23.0 Å². The summed E-state index contributed by atoms with van der Waals surface area (Å²) < 4.78 is 0.787. The molecule has 1 saturated heterocycles. The Morgan fingerprint density at radius 1 is 1.14 bits per heavy atom. The van der Waals surface area contributed by atoms with Crippen molar-refractivity contribution in [1.29, 1.82) is 0 Å². The second kappa shape index (κ2) is 4.23. The number of piperazine rings is 1. The van der Waals surface area contributed by atoms with E-state index in [9.17, 15) is 0 Å². The van der Waals surface area contributed by atoms with Crippen molar-refractivity contribution in [3.05, 3.63) is 17.0 Å². The Morgan fingerprint density at radius 2 is 1.86 bits per heavy atom. The summed E-state index contributed by atoms with van der Waals surface area (Å²) in [6, 6.07) is 0. The third-order valence-electron chi connectivity index (χ3n) is 2.43. The number of nitrogens with zero attached hydrogens (tertiary/aromatic N) is 4. The number of aromatic nitrogens is 2. The van der Waals surface area contributed by atoms with Crippen LogP contribution in [0.2, 0.25) is 0 Å². The molecule has 0 spiro atoms. The Kier molecular flexibility index (Phi) is 2.98. The van der Waals surface area contributed by atoms with Crippen molar-refractivity contribution in [1.82, 2.24) is 14.9 Å². The van der Waals surface area contributed by atoms with Crippen LogP contribution in [0.4, 0.5) is 5.82 Å². The lowest BCUT2D eigenvalue weighted by atomic mass is 10.3. The van der Waals surface area contributed by atoms with Gasteiger partial charge in [0.05, 0.1) is 12.4 Å². The van der Waals surface area contributed by atoms with Gasteiger partial charge in [-0.1, -0.05) is 0 Å². The molecule has 1 fully saturated rings. The van der Waals surface area contributed by atoms with Crippen LogP contribution in [-0.4, -0.2) is 48.1 Å². The number of rotatable bonds is 1. The van der Waals surface area contributed by atoms with Crippen LogP contribution >= 0.6 is 15.9 Å². The molecule has 4 nitrogen and oxygen atoms in total. The van der Waals surface area contributed by atoms with E-state index in [1.165, 1.54) is 0 Å². The van der Waals surface area contributed by atoms with Crippen molar-refractivity contribution in [3.63, 3.8) is 0 Å². The monoisotopic (exact) mass is 256 g/mol. The van der Waals surface area contributed by atoms with Crippen molar-refractivity contribution < 1.29 is 0 Å². The molecule has 0 aliphatic carbocycles. The summed E-state index contributed by atoms with van der Waals surface area (Å²) in [5.41, 5.74) is 0. The van der Waals surface area contributed by atoms with Crippen LogP contribution in [0.3, 0.4) is 0 Å². The van der Waals surface area contributed by atoms with Crippen molar-refractivity contribution in [2.45, 2.75) is 0 Å². The van der Waals surface area contributed by atoms with Crippen LogP contribution in [0, 0.1) is 0 Å². The third kappa shape index (κ3) is 2.22. The molecule has 0 atom stereocenters. The molecule has 76 valence electrons. The summed E-state index contributed by atoms with van der Waals surface area (Å²) in [6.07, 6.45) is 3.56. The number of anilines is 1. The number of halogens is 1. The largest absolute Gasteiger partial charge is 0.353 e. The van der Waals surface area contributed by atoms with Gasteiger partial charge < -0.3 is 9.80 Å². The van der Waals surface area contributed by atoms with Gasteiger partial charge in [0.2, 0.25) is 0 Å². The third-order valence-corrected chi connectivity index (χ3v) is 2.84. The molecule has 2 rings (SSSR count). The van der Waals surface area contributed by atoms with Gasteiger partial charge >= 0.3 is 0 Å². The van der Waals surface area contributed by atoms with Crippen LogP contribution in [0.25, 0.3) is 0 Å². The maximum absolute atomic E-state index is 4.33. The minimum absolute atomic E-state index is 0.787. The first kappa shape index (κ1) is 9.86. The molecule has 14 heavy (non-hydrogen) atoms. The highest BCUT2D eigenvalue weighted by Gasteiger charge is 2.14. The maximum Gasteiger partial charge on any atom is 0.147 e. The van der Waals surface area contributed by atoms with Gasteiger partial charge in [-0.25, -0.2) is 9.97 Å². The molecule has 1 aromatic rings. The average molecular weight is 257 g/mol. The van der Waals surface area contributed by atoms with Crippen LogP contribution in [0.15, 0.2) is 17.0 Å². The highest BCUT2D eigenvalue weighted by Crippen LogP contribution is 2.13. The Labute approximate surface area is 92.1 Å². The zero-order valence-electron chi connectivity index (χ0n) is 8.15. The van der Waals surface area contributed by atoms with E-state index in [2.05, 4.69) is 42.7 Å². The number of hydrogen-bond donors (Lipinski definition) is 0. The summed E-state index contributed by atoms with van der Waals surface area (Å²) >= 11 is 3.28. The summed E-state index contributed by atoms with van der Waals surface area (Å²) in [6.45, 7) is 4.26. The molecule has 0 bridgehead atoms. The first-order valence-electron chi connectivity index (χ1n) is 4.67. The smallest absolute Gasteiger partial charge is 0.147 e. The fourth-order valence-corrected chi connectivity index (χ4v) is 1.71. The van der Waals surface area contributed by atoms with E-state index in [-0.39, 0.29) is 0 Å². The van der Waals surface area contributed by atoms with E-state index < -0.39 is 0 Å². The summed E-state index contributed by atoms with van der Waals surface area (Å²) in [4.78, 5) is 13.1. The molecule has 1 aliphatic rings. The first-order chi connectivity index (χ1) is 6.75. The highest BCUT2D eigenvalue weighted by molar-refractivity contribution is 9.10. The molecule has 0 saturated carbocycles. The molecule has 1 aliphatic heterocycles. The lowest BCUT2D eigenvalue weighted by Crippen LogP contribution is -2.44. The van der Waals surface area contributed by atoms with Gasteiger partial charge in [0.1, 0.15) is 10.4 Å². The van der Waals surface area contributed by atoms with Crippen LogP contribution in [0.1, 0.15) is 0 Å². The van der Waals surface area contributed by atoms with Crippen molar-refractivity contribution in [2.24, 2.45) is 0 Å². The fraction of sp³-hybridized carbons (Fsp3) is 0.556. The quantitative estimate of drug-likeness (QED) is 0.751. The molecule has 5 heteroatoms. The van der Waals surface area contributed by atoms with Crippen molar-refractivity contribution in [3.8, 4) is 0 Å². The molecule has 0 unspecified atom stereocenters. The van der Waals surface area contributed by atoms with Gasteiger partial charge in [0.15, 0.2) is 0 Å². The molecule has 0 amide bonds. The van der Waals surface area contributed by atoms with Crippen LogP contribution in [-0.2, 0) is 0 Å². The fourth-order valence-electron chi connectivity index (χ4n) is 1.50. The van der Waals surface area contributed by atoms with Crippen LogP contribution < -0.4 is 4.90 Å². The molecule has 0 N–H and O–H groups in total. The number of likely N-dealkylation sites (N-methyl/N-ethyl adjacent to an activating group) is 1. The topological polar surface area (TPSA) is 32.3 Å². The molecular formula is C9H13BrN4. The summed E-state index contributed by atoms with van der Waals surface area (Å²) in [7, 11) is 2.14. The second-order valence-electron chi connectivity index (χ2n) is 3.49. The van der Waals surface area contributed by atoms with E-state index in [0.29, 0.717) is 0 Å². The Bertz CT molecular complexity index is 292. The van der Waals surface area contributed by atoms with Gasteiger partial charge in [0.25, 0.3) is 0 Å². The lowest BCUT2D eigenvalue weighted by molar-refractivity contribution is 0.312. The summed E-state index contributed by atoms with van der Waals surface area (Å²) in [5.74, 6) is 0.973. The van der Waals surface area contributed by atoms with Crippen molar-refractivity contribution >= 4 is 21.7 Å². The zero-order chi connectivity index (χ0) is 9.97. The highest BCUT2D eigenvalue weighted by atomic mass is 79.9. The Hall–Kier alpha value is -0.680. The standard InChI is InChI=1S/C9H13BrN4/c1-13-2-4-14(5-3-13)9-7-11-8(10)6-12-9/h6-7H,2-5H2,1H3. The summed E-state index contributed by atoms with van der Waals surface area (Å²) in [5, 5.41) is 0. The maximum atomic E-state index is 4.33. The predicted molar refractivity (Wildman–Crippen MR) is 59.4 cm³/mol. The van der Waals surface area contributed by atoms with Gasteiger partial charge in [-0.3, -0.25) is 0 Å². The van der Waals surface area contributed by atoms with Gasteiger partial charge in [-0.15, -0.1) is 0 Å². The zero-order valence-corrected chi connectivity index (χ0v) is 9.74.